The number of halogens is 1. The van der Waals surface area contributed by atoms with E-state index in [0.29, 0.717) is 27.4 Å². The van der Waals surface area contributed by atoms with Gasteiger partial charge in [-0.2, -0.15) is 0 Å². The maximum absolute atomic E-state index is 12.2. The zero-order valence-electron chi connectivity index (χ0n) is 14.9. The smallest absolute Gasteiger partial charge is 0.308 e. The Kier molecular flexibility index (Phi) is 8.85. The lowest BCUT2D eigenvalue weighted by molar-refractivity contribution is -0.137. The first-order valence-corrected chi connectivity index (χ1v) is 9.72. The highest BCUT2D eigenvalue weighted by molar-refractivity contribution is 7.16. The van der Waals surface area contributed by atoms with Gasteiger partial charge < -0.3 is 9.84 Å². The second kappa shape index (κ2) is 10.4. The van der Waals surface area contributed by atoms with E-state index >= 15 is 0 Å². The molecule has 6 nitrogen and oxygen atoms in total. The third kappa shape index (κ3) is 5.58. The van der Waals surface area contributed by atoms with Crippen LogP contribution in [0.1, 0.15) is 52.0 Å². The van der Waals surface area contributed by atoms with Gasteiger partial charge >= 0.3 is 10.8 Å². The van der Waals surface area contributed by atoms with Crippen LogP contribution in [0.2, 0.25) is 5.02 Å². The summed E-state index contributed by atoms with van der Waals surface area (Å²) >= 11 is 7.43. The first-order valence-electron chi connectivity index (χ1n) is 8.53. The average Bonchev–Trinajstić information content (AvgIpc) is 2.93. The van der Waals surface area contributed by atoms with E-state index in [-0.39, 0.29) is 38.8 Å². The largest absolute Gasteiger partial charge is 0.483 e. The molecule has 29 heavy (non-hydrogen) atoms. The summed E-state index contributed by atoms with van der Waals surface area (Å²) in [6.07, 6.45) is 2.12. The van der Waals surface area contributed by atoms with Crippen molar-refractivity contribution >= 4 is 39.1 Å². The van der Waals surface area contributed by atoms with Crippen LogP contribution in [0, 0.1) is 6.92 Å². The van der Waals surface area contributed by atoms with Gasteiger partial charge in [-0.25, -0.2) is 0 Å². The number of carboxylic acids is 1. The lowest BCUT2D eigenvalue weighted by Crippen LogP contribution is -2.15. The Morgan fingerprint density at radius 3 is 2.66 bits per heavy atom. The standard InChI is InChI=1S/C19H19ClN2O4S.2CH4/c1-3-15(13-5-4-11(2)10-21-13)26-16-9-17-14(8-12(16)20)22(19(25)27-17)7-6-18(23)24;;/h4-5,8-10,15H,3,6-7H2,1-2H3,(H,23,24);2*1H4/t15-;;/m1../s1. The molecule has 0 bridgehead atoms. The van der Waals surface area contributed by atoms with Gasteiger partial charge in [-0.05, 0) is 31.0 Å². The normalized spacial score (nSPS) is 11.4. The summed E-state index contributed by atoms with van der Waals surface area (Å²) in [4.78, 5) is 27.2. The van der Waals surface area contributed by atoms with Crippen molar-refractivity contribution in [2.75, 3.05) is 0 Å². The predicted octanol–water partition coefficient (Wildman–Crippen LogP) is 5.70. The predicted molar refractivity (Wildman–Crippen MR) is 119 cm³/mol. The Balaban J connectivity index is 0.00000210. The number of pyridine rings is 1. The van der Waals surface area contributed by atoms with Crippen LogP contribution in [0.15, 0.2) is 35.3 Å². The van der Waals surface area contributed by atoms with Gasteiger partial charge in [-0.15, -0.1) is 0 Å². The summed E-state index contributed by atoms with van der Waals surface area (Å²) in [6, 6.07) is 7.29. The lowest BCUT2D eigenvalue weighted by atomic mass is 10.1. The third-order valence-electron chi connectivity index (χ3n) is 4.18. The zero-order chi connectivity index (χ0) is 19.6. The van der Waals surface area contributed by atoms with Crippen molar-refractivity contribution in [2.45, 2.75) is 54.2 Å². The van der Waals surface area contributed by atoms with Gasteiger partial charge in [0.25, 0.3) is 0 Å². The van der Waals surface area contributed by atoms with E-state index < -0.39 is 5.97 Å². The third-order valence-corrected chi connectivity index (χ3v) is 5.41. The minimum Gasteiger partial charge on any atom is -0.483 e. The molecule has 3 aromatic rings. The SMILES string of the molecule is C.C.CC[C@@H](Oc1cc2sc(=O)n(CCC(=O)O)c2cc1Cl)c1ccc(C)cn1. The summed E-state index contributed by atoms with van der Waals surface area (Å²) in [5.41, 5.74) is 2.50. The minimum absolute atomic E-state index is 0. The molecule has 0 spiro atoms. The van der Waals surface area contributed by atoms with E-state index in [1.807, 2.05) is 26.0 Å². The summed E-state index contributed by atoms with van der Waals surface area (Å²) in [5.74, 6) is -0.478. The van der Waals surface area contributed by atoms with E-state index in [4.69, 9.17) is 21.4 Å². The molecule has 2 aromatic heterocycles. The van der Waals surface area contributed by atoms with Gasteiger partial charge in [-0.1, -0.05) is 50.8 Å². The van der Waals surface area contributed by atoms with E-state index in [1.54, 1.807) is 18.3 Å². The van der Waals surface area contributed by atoms with Gasteiger partial charge in [0.1, 0.15) is 11.9 Å². The second-order valence-electron chi connectivity index (χ2n) is 6.19. The Labute approximate surface area is 179 Å². The van der Waals surface area contributed by atoms with Gasteiger partial charge in [0.15, 0.2) is 0 Å². The molecule has 0 saturated carbocycles. The van der Waals surface area contributed by atoms with Gasteiger partial charge in [-0.3, -0.25) is 19.1 Å². The highest BCUT2D eigenvalue weighted by Crippen LogP contribution is 2.35. The number of hydrogen-bond acceptors (Lipinski definition) is 5. The van der Waals surface area contributed by atoms with Crippen LogP contribution in [-0.2, 0) is 11.3 Å². The number of carbonyl (C=O) groups is 1. The van der Waals surface area contributed by atoms with E-state index in [2.05, 4.69) is 4.98 Å². The molecule has 0 aliphatic heterocycles. The van der Waals surface area contributed by atoms with E-state index in [9.17, 15) is 9.59 Å². The first kappa shape index (κ1) is 24.7. The Hall–Kier alpha value is -2.38. The maximum atomic E-state index is 12.2. The quantitative estimate of drug-likeness (QED) is 0.511. The number of thiazole rings is 1. The Morgan fingerprint density at radius 1 is 1.34 bits per heavy atom. The van der Waals surface area contributed by atoms with Crippen LogP contribution >= 0.6 is 22.9 Å². The summed E-state index contributed by atoms with van der Waals surface area (Å²) in [7, 11) is 0. The fourth-order valence-electron chi connectivity index (χ4n) is 2.75. The molecule has 1 atom stereocenters. The van der Waals surface area contributed by atoms with Crippen LogP contribution in [0.5, 0.6) is 5.75 Å². The first-order chi connectivity index (χ1) is 12.9. The van der Waals surface area contributed by atoms with Gasteiger partial charge in [0.2, 0.25) is 0 Å². The second-order valence-corrected chi connectivity index (χ2v) is 7.59. The molecule has 0 amide bonds. The summed E-state index contributed by atoms with van der Waals surface area (Å²) in [6.45, 7) is 4.08. The molecule has 0 radical (unpaired) electrons. The van der Waals surface area contributed by atoms with Crippen LogP contribution in [0.3, 0.4) is 0 Å². The van der Waals surface area contributed by atoms with Crippen molar-refractivity contribution in [1.29, 1.82) is 0 Å². The fraction of sp³-hybridized carbons (Fsp3) is 0.381. The number of nitrogens with zero attached hydrogens (tertiary/aromatic N) is 2. The van der Waals surface area contributed by atoms with Crippen molar-refractivity contribution in [1.82, 2.24) is 9.55 Å². The molecule has 0 aliphatic rings. The molecule has 0 fully saturated rings. The van der Waals surface area contributed by atoms with Crippen LogP contribution < -0.4 is 9.61 Å². The molecular formula is C21H27ClN2O4S. The average molecular weight is 439 g/mol. The number of aliphatic carboxylic acids is 1. The molecule has 0 aliphatic carbocycles. The Bertz CT molecular complexity index is 1030. The number of aryl methyl sites for hydroxylation is 2. The van der Waals surface area contributed by atoms with Gasteiger partial charge in [0.05, 0.1) is 27.4 Å². The molecular weight excluding hydrogens is 412 g/mol. The zero-order valence-corrected chi connectivity index (χ0v) is 16.5. The maximum Gasteiger partial charge on any atom is 0.308 e. The number of ether oxygens (including phenoxy) is 1. The van der Waals surface area contributed by atoms with Crippen molar-refractivity contribution < 1.29 is 14.6 Å². The summed E-state index contributed by atoms with van der Waals surface area (Å²) < 4.78 is 8.22. The molecule has 0 unspecified atom stereocenters. The molecule has 1 aromatic carbocycles. The number of rotatable bonds is 7. The van der Waals surface area contributed by atoms with E-state index in [0.717, 1.165) is 22.6 Å². The van der Waals surface area contributed by atoms with Crippen molar-refractivity contribution in [3.05, 3.63) is 56.4 Å². The molecule has 0 saturated heterocycles. The van der Waals surface area contributed by atoms with Crippen LogP contribution in [-0.4, -0.2) is 20.6 Å². The Morgan fingerprint density at radius 2 is 2.07 bits per heavy atom. The monoisotopic (exact) mass is 438 g/mol. The topological polar surface area (TPSA) is 81.4 Å². The van der Waals surface area contributed by atoms with Gasteiger partial charge in [0, 0.05) is 18.8 Å². The fourth-order valence-corrected chi connectivity index (χ4v) is 3.88. The van der Waals surface area contributed by atoms with Crippen LogP contribution in [0.25, 0.3) is 10.2 Å². The van der Waals surface area contributed by atoms with Crippen molar-refractivity contribution in [2.24, 2.45) is 0 Å². The highest BCUT2D eigenvalue weighted by Gasteiger charge is 2.17. The number of benzene rings is 1. The molecule has 1 N–H and O–H groups in total. The minimum atomic E-state index is -0.955. The molecule has 8 heteroatoms. The lowest BCUT2D eigenvalue weighted by Gasteiger charge is -2.18. The van der Waals surface area contributed by atoms with Crippen molar-refractivity contribution in [3.63, 3.8) is 0 Å². The number of fused-ring (bicyclic) bond motifs is 1. The number of carboxylic acid groups (broad SMARTS) is 1. The molecule has 158 valence electrons. The molecule has 2 heterocycles. The van der Waals surface area contributed by atoms with E-state index in [1.165, 1.54) is 4.57 Å². The van der Waals surface area contributed by atoms with Crippen LogP contribution in [0.4, 0.5) is 0 Å². The highest BCUT2D eigenvalue weighted by atomic mass is 35.5. The summed E-state index contributed by atoms with van der Waals surface area (Å²) in [5, 5.41) is 9.23. The number of aromatic nitrogens is 2. The van der Waals surface area contributed by atoms with Crippen molar-refractivity contribution in [3.8, 4) is 5.75 Å². The molecule has 3 rings (SSSR count). The number of hydrogen-bond donors (Lipinski definition) is 1.